The van der Waals surface area contributed by atoms with Gasteiger partial charge in [0, 0.05) is 30.6 Å². The van der Waals surface area contributed by atoms with Gasteiger partial charge >= 0.3 is 11.6 Å². The maximum Gasteiger partial charge on any atom is 0.343 e. The van der Waals surface area contributed by atoms with E-state index in [2.05, 4.69) is 0 Å². The Labute approximate surface area is 184 Å². The van der Waals surface area contributed by atoms with E-state index in [9.17, 15) is 18.0 Å². The third-order valence-corrected chi connectivity index (χ3v) is 7.61. The Kier molecular flexibility index (Phi) is 5.88. The third kappa shape index (κ3) is 4.37. The highest BCUT2D eigenvalue weighted by Crippen LogP contribution is 2.29. The zero-order chi connectivity index (χ0) is 22.2. The van der Waals surface area contributed by atoms with Gasteiger partial charge in [-0.15, -0.1) is 0 Å². The lowest BCUT2D eigenvalue weighted by atomic mass is 10.1. The Hall–Kier alpha value is -2.68. The van der Waals surface area contributed by atoms with E-state index in [0.717, 1.165) is 30.2 Å². The second kappa shape index (κ2) is 8.45. The second-order valence-corrected chi connectivity index (χ2v) is 9.72. The number of piperidine rings is 1. The van der Waals surface area contributed by atoms with Gasteiger partial charge in [0.15, 0.2) is 0 Å². The van der Waals surface area contributed by atoms with Gasteiger partial charge in [0.2, 0.25) is 10.0 Å². The van der Waals surface area contributed by atoms with Crippen molar-refractivity contribution >= 4 is 38.6 Å². The summed E-state index contributed by atoms with van der Waals surface area (Å²) in [5.74, 6) is -0.581. The minimum Gasteiger partial charge on any atom is -0.423 e. The van der Waals surface area contributed by atoms with Crippen molar-refractivity contribution in [2.75, 3.05) is 13.1 Å². The molecule has 1 aliphatic rings. The van der Waals surface area contributed by atoms with Crippen LogP contribution in [0.25, 0.3) is 11.0 Å². The summed E-state index contributed by atoms with van der Waals surface area (Å²) in [4.78, 5) is 24.2. The number of carbonyl (C=O) groups excluding carboxylic acids is 1. The van der Waals surface area contributed by atoms with Gasteiger partial charge in [-0.2, -0.15) is 4.31 Å². The van der Waals surface area contributed by atoms with Crippen LogP contribution in [0.2, 0.25) is 5.02 Å². The summed E-state index contributed by atoms with van der Waals surface area (Å²) >= 11 is 6.16. The molecule has 2 aromatic carbocycles. The van der Waals surface area contributed by atoms with Crippen LogP contribution in [0.4, 0.5) is 0 Å². The van der Waals surface area contributed by atoms with Crippen molar-refractivity contribution in [1.82, 2.24) is 4.31 Å². The highest BCUT2D eigenvalue weighted by atomic mass is 35.5. The Bertz CT molecular complexity index is 1330. The molecule has 3 aromatic rings. The first kappa shape index (κ1) is 21.5. The van der Waals surface area contributed by atoms with Crippen LogP contribution in [0.3, 0.4) is 0 Å². The van der Waals surface area contributed by atoms with Crippen LogP contribution < -0.4 is 10.4 Å². The van der Waals surface area contributed by atoms with E-state index in [1.54, 1.807) is 19.1 Å². The van der Waals surface area contributed by atoms with E-state index in [4.69, 9.17) is 20.8 Å². The third-order valence-electron chi connectivity index (χ3n) is 5.23. The average Bonchev–Trinajstić information content (AvgIpc) is 2.74. The number of hydrogen-bond acceptors (Lipinski definition) is 6. The van der Waals surface area contributed by atoms with E-state index in [-0.39, 0.29) is 21.2 Å². The first-order valence-electron chi connectivity index (χ1n) is 9.82. The van der Waals surface area contributed by atoms with E-state index in [1.165, 1.54) is 34.6 Å². The first-order chi connectivity index (χ1) is 14.8. The Morgan fingerprint density at radius 2 is 1.81 bits per heavy atom. The zero-order valence-electron chi connectivity index (χ0n) is 16.8. The lowest BCUT2D eigenvalue weighted by Gasteiger charge is -2.26. The zero-order valence-corrected chi connectivity index (χ0v) is 18.3. The molecule has 162 valence electrons. The molecule has 9 heteroatoms. The molecule has 0 radical (unpaired) electrons. The molecule has 0 aliphatic carbocycles. The molecule has 7 nitrogen and oxygen atoms in total. The van der Waals surface area contributed by atoms with Crippen molar-refractivity contribution in [1.29, 1.82) is 0 Å². The molecular weight excluding hydrogens is 442 g/mol. The average molecular weight is 462 g/mol. The van der Waals surface area contributed by atoms with Gasteiger partial charge in [-0.05, 0) is 55.7 Å². The number of aryl methyl sites for hydroxylation is 1. The molecule has 0 N–H and O–H groups in total. The van der Waals surface area contributed by atoms with Gasteiger partial charge in [-0.25, -0.2) is 18.0 Å². The molecule has 0 spiro atoms. The number of benzene rings is 2. The van der Waals surface area contributed by atoms with Gasteiger partial charge < -0.3 is 9.15 Å². The summed E-state index contributed by atoms with van der Waals surface area (Å²) in [6.07, 6.45) is 2.56. The summed E-state index contributed by atoms with van der Waals surface area (Å²) in [6, 6.07) is 10.1. The van der Waals surface area contributed by atoms with Gasteiger partial charge in [-0.3, -0.25) is 0 Å². The van der Waals surface area contributed by atoms with Crippen molar-refractivity contribution in [2.24, 2.45) is 0 Å². The molecule has 0 bridgehead atoms. The lowest BCUT2D eigenvalue weighted by molar-refractivity contribution is 0.0734. The van der Waals surface area contributed by atoms with Crippen molar-refractivity contribution in [3.05, 3.63) is 69.0 Å². The monoisotopic (exact) mass is 461 g/mol. The Balaban J connectivity index is 1.63. The highest BCUT2D eigenvalue weighted by molar-refractivity contribution is 7.89. The highest BCUT2D eigenvalue weighted by Gasteiger charge is 2.29. The number of halogens is 1. The number of hydrogen-bond donors (Lipinski definition) is 0. The molecule has 0 amide bonds. The van der Waals surface area contributed by atoms with Crippen LogP contribution >= 0.6 is 11.6 Å². The molecule has 0 saturated carbocycles. The van der Waals surface area contributed by atoms with Crippen LogP contribution in [0.15, 0.2) is 56.6 Å². The molecule has 1 aliphatic heterocycles. The fraction of sp³-hybridized carbons (Fsp3) is 0.273. The van der Waals surface area contributed by atoms with Crippen LogP contribution in [-0.4, -0.2) is 31.8 Å². The first-order valence-corrected chi connectivity index (χ1v) is 11.6. The molecule has 2 heterocycles. The van der Waals surface area contributed by atoms with Crippen LogP contribution in [-0.2, 0) is 10.0 Å². The molecular formula is C22H20ClNO6S. The number of carbonyl (C=O) groups is 1. The molecule has 1 aromatic heterocycles. The Morgan fingerprint density at radius 1 is 1.06 bits per heavy atom. The second-order valence-electron chi connectivity index (χ2n) is 7.41. The van der Waals surface area contributed by atoms with Crippen molar-refractivity contribution in [3.63, 3.8) is 0 Å². The minimum absolute atomic E-state index is 0.0464. The molecule has 1 fully saturated rings. The van der Waals surface area contributed by atoms with Crippen LogP contribution in [0.5, 0.6) is 5.75 Å². The van der Waals surface area contributed by atoms with E-state index < -0.39 is 21.6 Å². The summed E-state index contributed by atoms with van der Waals surface area (Å²) in [6.45, 7) is 2.63. The smallest absolute Gasteiger partial charge is 0.343 e. The maximum atomic E-state index is 13.0. The number of sulfonamides is 1. The number of esters is 1. The normalized spacial score (nSPS) is 15.2. The number of rotatable bonds is 4. The number of nitrogens with zero attached hydrogens (tertiary/aromatic N) is 1. The van der Waals surface area contributed by atoms with E-state index in [1.807, 2.05) is 0 Å². The van der Waals surface area contributed by atoms with E-state index in [0.29, 0.717) is 18.7 Å². The van der Waals surface area contributed by atoms with Gasteiger partial charge in [0.1, 0.15) is 16.2 Å². The minimum atomic E-state index is -3.82. The lowest BCUT2D eigenvalue weighted by Crippen LogP contribution is -2.35. The summed E-state index contributed by atoms with van der Waals surface area (Å²) in [5.41, 5.74) is 0.582. The molecule has 31 heavy (non-hydrogen) atoms. The molecule has 4 rings (SSSR count). The number of fused-ring (bicyclic) bond motifs is 1. The van der Waals surface area contributed by atoms with Crippen molar-refractivity contribution < 1.29 is 22.4 Å². The molecule has 0 atom stereocenters. The topological polar surface area (TPSA) is 93.9 Å². The predicted molar refractivity (Wildman–Crippen MR) is 116 cm³/mol. The van der Waals surface area contributed by atoms with E-state index >= 15 is 0 Å². The summed E-state index contributed by atoms with van der Waals surface area (Å²) < 4.78 is 37.9. The summed E-state index contributed by atoms with van der Waals surface area (Å²) in [5, 5.41) is 0.769. The Morgan fingerprint density at radius 3 is 2.55 bits per heavy atom. The van der Waals surface area contributed by atoms with Crippen molar-refractivity contribution in [3.8, 4) is 5.75 Å². The van der Waals surface area contributed by atoms with Crippen LogP contribution in [0.1, 0.15) is 35.2 Å². The van der Waals surface area contributed by atoms with Gasteiger partial charge in [0.25, 0.3) is 0 Å². The fourth-order valence-corrected chi connectivity index (χ4v) is 5.62. The van der Waals surface area contributed by atoms with Crippen LogP contribution in [0, 0.1) is 6.92 Å². The van der Waals surface area contributed by atoms with Crippen molar-refractivity contribution in [2.45, 2.75) is 31.1 Å². The quantitative estimate of drug-likeness (QED) is 0.329. The largest absolute Gasteiger partial charge is 0.423 e. The van der Waals surface area contributed by atoms with Gasteiger partial charge in [-0.1, -0.05) is 18.0 Å². The van der Waals surface area contributed by atoms with Gasteiger partial charge in [0.05, 0.1) is 10.6 Å². The SMILES string of the molecule is Cc1cc(=O)oc2cc(OC(=O)c3ccc(Cl)c(S(=O)(=O)N4CCCCC4)c3)ccc12. The molecule has 1 saturated heterocycles. The standard InChI is InChI=1S/C22H20ClNO6S/c1-14-11-21(25)30-19-13-16(6-7-17(14)19)29-22(26)15-5-8-18(23)20(12-15)31(27,28)24-9-3-2-4-10-24/h5-8,11-13H,2-4,9-10H2,1H3. The summed E-state index contributed by atoms with van der Waals surface area (Å²) in [7, 11) is -3.82. The predicted octanol–water partition coefficient (Wildman–Crippen LogP) is 4.15. The maximum absolute atomic E-state index is 13.0. The fourth-order valence-electron chi connectivity index (χ4n) is 3.61. The number of ether oxygens (including phenoxy) is 1. The molecule has 0 unspecified atom stereocenters.